The Bertz CT molecular complexity index is 553. The summed E-state index contributed by atoms with van der Waals surface area (Å²) >= 11 is 12.4. The monoisotopic (exact) mass is 298 g/mol. The number of hydrogen-bond donors (Lipinski definition) is 2. The number of benzene rings is 1. The third-order valence-electron chi connectivity index (χ3n) is 3.05. The van der Waals surface area contributed by atoms with Crippen LogP contribution in [0.1, 0.15) is 24.2 Å². The van der Waals surface area contributed by atoms with Crippen molar-refractivity contribution in [1.82, 2.24) is 15.2 Å². The summed E-state index contributed by atoms with van der Waals surface area (Å²) in [4.78, 5) is 0. The van der Waals surface area contributed by atoms with Crippen LogP contribution in [-0.2, 0) is 13.0 Å². The van der Waals surface area contributed by atoms with Crippen LogP contribution in [0, 0.1) is 0 Å². The number of nitrogens with one attached hydrogen (secondary N) is 1. The van der Waals surface area contributed by atoms with E-state index < -0.39 is 0 Å². The summed E-state index contributed by atoms with van der Waals surface area (Å²) in [7, 11) is 0. The summed E-state index contributed by atoms with van der Waals surface area (Å²) in [5.41, 5.74) is 4.69. The lowest BCUT2D eigenvalue weighted by Gasteiger charge is -2.18. The van der Waals surface area contributed by atoms with E-state index in [9.17, 15) is 0 Å². The van der Waals surface area contributed by atoms with E-state index in [1.807, 2.05) is 35.9 Å². The average molecular weight is 299 g/mol. The van der Waals surface area contributed by atoms with Crippen LogP contribution in [0.2, 0.25) is 10.0 Å². The molecule has 102 valence electrons. The van der Waals surface area contributed by atoms with Gasteiger partial charge in [-0.05, 0) is 25.0 Å². The van der Waals surface area contributed by atoms with Crippen LogP contribution in [0.25, 0.3) is 0 Å². The van der Waals surface area contributed by atoms with Crippen LogP contribution in [0.4, 0.5) is 0 Å². The molecule has 0 radical (unpaired) electrons. The molecule has 2 rings (SSSR count). The molecule has 0 aliphatic heterocycles. The van der Waals surface area contributed by atoms with Gasteiger partial charge in [0.05, 0.1) is 23.0 Å². The highest BCUT2D eigenvalue weighted by Crippen LogP contribution is 2.27. The standard InChI is InChI=1S/C13H16Cl2N4/c1-2-19-13(11(15)8-17-19)12(18-16)7-9-5-3-4-6-10(9)14/h3-6,8,12,18H,2,7,16H2,1H3. The Labute approximate surface area is 122 Å². The lowest BCUT2D eigenvalue weighted by molar-refractivity contribution is 0.491. The molecule has 1 unspecified atom stereocenters. The van der Waals surface area contributed by atoms with Gasteiger partial charge in [0.1, 0.15) is 0 Å². The topological polar surface area (TPSA) is 55.9 Å². The molecule has 0 saturated heterocycles. The zero-order valence-electron chi connectivity index (χ0n) is 10.6. The first-order chi connectivity index (χ1) is 9.17. The molecule has 0 saturated carbocycles. The molecule has 0 fully saturated rings. The Morgan fingerprint density at radius 3 is 2.68 bits per heavy atom. The Balaban J connectivity index is 2.30. The van der Waals surface area contributed by atoms with Gasteiger partial charge in [0, 0.05) is 11.6 Å². The van der Waals surface area contributed by atoms with Crippen molar-refractivity contribution in [3.8, 4) is 0 Å². The molecule has 0 aliphatic carbocycles. The third kappa shape index (κ3) is 3.09. The van der Waals surface area contributed by atoms with Crippen LogP contribution in [0.3, 0.4) is 0 Å². The predicted octanol–water partition coefficient (Wildman–Crippen LogP) is 2.96. The van der Waals surface area contributed by atoms with E-state index in [0.717, 1.165) is 22.8 Å². The first-order valence-electron chi connectivity index (χ1n) is 6.08. The van der Waals surface area contributed by atoms with E-state index in [1.54, 1.807) is 6.20 Å². The van der Waals surface area contributed by atoms with Gasteiger partial charge in [0.2, 0.25) is 0 Å². The van der Waals surface area contributed by atoms with E-state index in [1.165, 1.54) is 0 Å². The summed E-state index contributed by atoms with van der Waals surface area (Å²) in [5.74, 6) is 5.66. The highest BCUT2D eigenvalue weighted by atomic mass is 35.5. The van der Waals surface area contributed by atoms with Gasteiger partial charge in [-0.1, -0.05) is 41.4 Å². The Hall–Kier alpha value is -1.07. The number of hydrazine groups is 1. The maximum absolute atomic E-state index is 6.19. The lowest BCUT2D eigenvalue weighted by atomic mass is 10.0. The fourth-order valence-corrected chi connectivity index (χ4v) is 2.57. The highest BCUT2D eigenvalue weighted by molar-refractivity contribution is 6.31. The van der Waals surface area contributed by atoms with Crippen molar-refractivity contribution in [1.29, 1.82) is 0 Å². The summed E-state index contributed by atoms with van der Waals surface area (Å²) in [6.45, 7) is 2.75. The number of halogens is 2. The van der Waals surface area contributed by atoms with E-state index in [2.05, 4.69) is 10.5 Å². The molecule has 1 aromatic carbocycles. The molecule has 0 spiro atoms. The van der Waals surface area contributed by atoms with Gasteiger partial charge in [-0.15, -0.1) is 0 Å². The Kier molecular flexibility index (Phi) is 4.82. The van der Waals surface area contributed by atoms with Gasteiger partial charge in [-0.25, -0.2) is 0 Å². The molecular weight excluding hydrogens is 283 g/mol. The molecule has 19 heavy (non-hydrogen) atoms. The molecule has 1 aromatic heterocycles. The number of hydrogen-bond acceptors (Lipinski definition) is 3. The van der Waals surface area contributed by atoms with Gasteiger partial charge in [-0.3, -0.25) is 16.0 Å². The van der Waals surface area contributed by atoms with E-state index in [0.29, 0.717) is 11.4 Å². The van der Waals surface area contributed by atoms with Crippen molar-refractivity contribution in [2.24, 2.45) is 5.84 Å². The predicted molar refractivity (Wildman–Crippen MR) is 78.1 cm³/mol. The van der Waals surface area contributed by atoms with Crippen molar-refractivity contribution in [3.05, 3.63) is 51.8 Å². The smallest absolute Gasteiger partial charge is 0.0834 e. The third-order valence-corrected chi connectivity index (χ3v) is 3.71. The largest absolute Gasteiger partial charge is 0.271 e. The molecule has 0 aliphatic rings. The van der Waals surface area contributed by atoms with Crippen LogP contribution < -0.4 is 11.3 Å². The molecule has 6 heteroatoms. The molecule has 0 amide bonds. The lowest BCUT2D eigenvalue weighted by Crippen LogP contribution is -2.31. The van der Waals surface area contributed by atoms with E-state index in [4.69, 9.17) is 29.0 Å². The van der Waals surface area contributed by atoms with E-state index in [-0.39, 0.29) is 6.04 Å². The summed E-state index contributed by atoms with van der Waals surface area (Å²) in [6, 6.07) is 7.57. The summed E-state index contributed by atoms with van der Waals surface area (Å²) in [6.07, 6.45) is 2.29. The SMILES string of the molecule is CCn1ncc(Cl)c1C(Cc1ccccc1Cl)NN. The second kappa shape index (κ2) is 6.39. The van der Waals surface area contributed by atoms with Crippen molar-refractivity contribution < 1.29 is 0 Å². The number of nitrogens with zero attached hydrogens (tertiary/aromatic N) is 2. The average Bonchev–Trinajstić information content (AvgIpc) is 2.79. The first kappa shape index (κ1) is 14.3. The van der Waals surface area contributed by atoms with Gasteiger partial charge in [0.25, 0.3) is 0 Å². The second-order valence-electron chi connectivity index (χ2n) is 4.21. The van der Waals surface area contributed by atoms with Crippen LogP contribution in [-0.4, -0.2) is 9.78 Å². The highest BCUT2D eigenvalue weighted by Gasteiger charge is 2.20. The molecule has 0 bridgehead atoms. The second-order valence-corrected chi connectivity index (χ2v) is 5.02. The minimum atomic E-state index is -0.130. The summed E-state index contributed by atoms with van der Waals surface area (Å²) < 4.78 is 1.84. The van der Waals surface area contributed by atoms with Crippen LogP contribution in [0.15, 0.2) is 30.5 Å². The quantitative estimate of drug-likeness (QED) is 0.659. The number of nitrogens with two attached hydrogens (primary N) is 1. The maximum atomic E-state index is 6.19. The maximum Gasteiger partial charge on any atom is 0.0834 e. The molecule has 4 nitrogen and oxygen atoms in total. The van der Waals surface area contributed by atoms with Gasteiger partial charge in [-0.2, -0.15) is 5.10 Å². The fourth-order valence-electron chi connectivity index (χ4n) is 2.09. The van der Waals surface area contributed by atoms with Crippen LogP contribution >= 0.6 is 23.2 Å². The molecule has 1 atom stereocenters. The molecule has 3 N–H and O–H groups in total. The normalized spacial score (nSPS) is 12.6. The van der Waals surface area contributed by atoms with Crippen molar-refractivity contribution in [2.75, 3.05) is 0 Å². The van der Waals surface area contributed by atoms with Gasteiger partial charge >= 0.3 is 0 Å². The molecular formula is C13H16Cl2N4. The van der Waals surface area contributed by atoms with Crippen molar-refractivity contribution >= 4 is 23.2 Å². The first-order valence-corrected chi connectivity index (χ1v) is 6.83. The van der Waals surface area contributed by atoms with E-state index >= 15 is 0 Å². The minimum Gasteiger partial charge on any atom is -0.271 e. The van der Waals surface area contributed by atoms with Crippen molar-refractivity contribution in [2.45, 2.75) is 25.9 Å². The number of rotatable bonds is 5. The Morgan fingerprint density at radius 1 is 1.32 bits per heavy atom. The van der Waals surface area contributed by atoms with Crippen molar-refractivity contribution in [3.63, 3.8) is 0 Å². The van der Waals surface area contributed by atoms with Gasteiger partial charge in [0.15, 0.2) is 0 Å². The molecule has 1 heterocycles. The zero-order chi connectivity index (χ0) is 13.8. The Morgan fingerprint density at radius 2 is 2.05 bits per heavy atom. The fraction of sp³-hybridized carbons (Fsp3) is 0.308. The summed E-state index contributed by atoms with van der Waals surface area (Å²) in [5, 5.41) is 5.56. The molecule has 2 aromatic rings. The van der Waals surface area contributed by atoms with Gasteiger partial charge < -0.3 is 0 Å². The van der Waals surface area contributed by atoms with Crippen LogP contribution in [0.5, 0.6) is 0 Å². The number of aromatic nitrogens is 2. The zero-order valence-corrected chi connectivity index (χ0v) is 12.1. The minimum absolute atomic E-state index is 0.130. The number of aryl methyl sites for hydroxylation is 1.